The van der Waals surface area contributed by atoms with E-state index in [0.717, 1.165) is 10.5 Å². The lowest BCUT2D eigenvalue weighted by Crippen LogP contribution is -2.16. The summed E-state index contributed by atoms with van der Waals surface area (Å²) in [6, 6.07) is 7.58. The SMILES string of the molecule is N#Cc1ccc2c(c1)[C@H](O)[C@H](Cn1ccnc1)S2. The highest BCUT2D eigenvalue weighted by atomic mass is 32.2. The Labute approximate surface area is 109 Å². The molecule has 0 fully saturated rings. The molecular formula is C13H11N3OS. The van der Waals surface area contributed by atoms with Crippen LogP contribution >= 0.6 is 11.8 Å². The fraction of sp³-hybridized carbons (Fsp3) is 0.231. The number of imidazole rings is 1. The van der Waals surface area contributed by atoms with E-state index in [9.17, 15) is 5.11 Å². The fourth-order valence-electron chi connectivity index (χ4n) is 2.12. The van der Waals surface area contributed by atoms with Crippen LogP contribution < -0.4 is 0 Å². The zero-order chi connectivity index (χ0) is 12.5. The molecule has 18 heavy (non-hydrogen) atoms. The van der Waals surface area contributed by atoms with E-state index in [-0.39, 0.29) is 5.25 Å². The summed E-state index contributed by atoms with van der Waals surface area (Å²) in [5.41, 5.74) is 1.46. The van der Waals surface area contributed by atoms with Crippen LogP contribution in [0.25, 0.3) is 0 Å². The number of benzene rings is 1. The Morgan fingerprint density at radius 3 is 3.11 bits per heavy atom. The van der Waals surface area contributed by atoms with Gasteiger partial charge in [-0.05, 0) is 23.8 Å². The molecule has 0 aliphatic carbocycles. The molecule has 0 bridgehead atoms. The van der Waals surface area contributed by atoms with E-state index in [1.165, 1.54) is 0 Å². The third-order valence-electron chi connectivity index (χ3n) is 3.04. The molecule has 1 N–H and O–H groups in total. The van der Waals surface area contributed by atoms with Crippen LogP contribution in [-0.4, -0.2) is 19.9 Å². The lowest BCUT2D eigenvalue weighted by molar-refractivity contribution is 0.170. The smallest absolute Gasteiger partial charge is 0.0991 e. The van der Waals surface area contributed by atoms with E-state index in [0.29, 0.717) is 12.1 Å². The molecule has 2 atom stereocenters. The third kappa shape index (κ3) is 1.90. The molecule has 2 heterocycles. The molecule has 0 saturated heterocycles. The molecule has 1 aromatic heterocycles. The number of thioether (sulfide) groups is 1. The summed E-state index contributed by atoms with van der Waals surface area (Å²) >= 11 is 1.65. The maximum absolute atomic E-state index is 10.3. The van der Waals surface area contributed by atoms with Gasteiger partial charge >= 0.3 is 0 Å². The third-order valence-corrected chi connectivity index (χ3v) is 4.37. The quantitative estimate of drug-likeness (QED) is 0.893. The highest BCUT2D eigenvalue weighted by Gasteiger charge is 2.32. The van der Waals surface area contributed by atoms with Crippen LogP contribution in [0.1, 0.15) is 17.2 Å². The maximum Gasteiger partial charge on any atom is 0.0991 e. The van der Waals surface area contributed by atoms with E-state index >= 15 is 0 Å². The summed E-state index contributed by atoms with van der Waals surface area (Å²) in [6.07, 6.45) is 4.83. The van der Waals surface area contributed by atoms with Gasteiger partial charge < -0.3 is 9.67 Å². The van der Waals surface area contributed by atoms with Crippen molar-refractivity contribution >= 4 is 11.8 Å². The Morgan fingerprint density at radius 1 is 1.50 bits per heavy atom. The molecule has 1 aliphatic heterocycles. The minimum absolute atomic E-state index is 0.0724. The number of aromatic nitrogens is 2. The van der Waals surface area contributed by atoms with Crippen molar-refractivity contribution in [3.8, 4) is 6.07 Å². The second kappa shape index (κ2) is 4.48. The standard InChI is InChI=1S/C13H11N3OS/c14-6-9-1-2-11-10(5-9)13(17)12(18-11)7-16-4-3-15-8-16/h1-5,8,12-13,17H,7H2/t12-,13-/m0/s1. The lowest BCUT2D eigenvalue weighted by Gasteiger charge is -2.14. The summed E-state index contributed by atoms with van der Waals surface area (Å²) < 4.78 is 1.96. The van der Waals surface area contributed by atoms with Gasteiger partial charge in [-0.25, -0.2) is 4.98 Å². The first-order chi connectivity index (χ1) is 8.78. The molecule has 0 amide bonds. The number of hydrogen-bond acceptors (Lipinski definition) is 4. The van der Waals surface area contributed by atoms with Crippen LogP contribution in [0.2, 0.25) is 0 Å². The topological polar surface area (TPSA) is 61.8 Å². The molecule has 5 heteroatoms. The molecule has 4 nitrogen and oxygen atoms in total. The second-order valence-electron chi connectivity index (χ2n) is 4.23. The van der Waals surface area contributed by atoms with Gasteiger partial charge in [0.05, 0.1) is 29.3 Å². The van der Waals surface area contributed by atoms with Crippen molar-refractivity contribution < 1.29 is 5.11 Å². The highest BCUT2D eigenvalue weighted by Crippen LogP contribution is 2.44. The van der Waals surface area contributed by atoms with Gasteiger partial charge in [0.1, 0.15) is 0 Å². The van der Waals surface area contributed by atoms with Gasteiger partial charge in [-0.2, -0.15) is 5.26 Å². The molecule has 0 unspecified atom stereocenters. The first-order valence-corrected chi connectivity index (χ1v) is 6.50. The number of nitrogens with zero attached hydrogens (tertiary/aromatic N) is 3. The van der Waals surface area contributed by atoms with Crippen LogP contribution in [0, 0.1) is 11.3 Å². The molecule has 1 aliphatic rings. The van der Waals surface area contributed by atoms with Gasteiger partial charge in [-0.3, -0.25) is 0 Å². The number of hydrogen-bond donors (Lipinski definition) is 1. The first-order valence-electron chi connectivity index (χ1n) is 5.62. The van der Waals surface area contributed by atoms with Crippen molar-refractivity contribution in [2.24, 2.45) is 0 Å². The summed E-state index contributed by atoms with van der Waals surface area (Å²) in [5.74, 6) is 0. The lowest BCUT2D eigenvalue weighted by atomic mass is 10.0. The minimum atomic E-state index is -0.527. The fourth-order valence-corrected chi connectivity index (χ4v) is 3.43. The van der Waals surface area contributed by atoms with E-state index in [4.69, 9.17) is 5.26 Å². The van der Waals surface area contributed by atoms with Gasteiger partial charge in [0.25, 0.3) is 0 Å². The van der Waals surface area contributed by atoms with Crippen LogP contribution in [0.3, 0.4) is 0 Å². The number of fused-ring (bicyclic) bond motifs is 1. The Morgan fingerprint density at radius 2 is 2.39 bits per heavy atom. The van der Waals surface area contributed by atoms with E-state index < -0.39 is 6.10 Å². The highest BCUT2D eigenvalue weighted by molar-refractivity contribution is 8.00. The van der Waals surface area contributed by atoms with Crippen molar-refractivity contribution in [3.63, 3.8) is 0 Å². The van der Waals surface area contributed by atoms with Crippen molar-refractivity contribution in [3.05, 3.63) is 48.0 Å². The van der Waals surface area contributed by atoms with Gasteiger partial charge in [-0.1, -0.05) is 0 Å². The average Bonchev–Trinajstić information content (AvgIpc) is 2.99. The summed E-state index contributed by atoms with van der Waals surface area (Å²) in [7, 11) is 0. The predicted molar refractivity (Wildman–Crippen MR) is 68.0 cm³/mol. The van der Waals surface area contributed by atoms with E-state index in [1.54, 1.807) is 36.4 Å². The zero-order valence-electron chi connectivity index (χ0n) is 9.52. The first kappa shape index (κ1) is 11.3. The summed E-state index contributed by atoms with van der Waals surface area (Å²) in [4.78, 5) is 5.06. The average molecular weight is 257 g/mol. The molecule has 1 aromatic carbocycles. The molecule has 0 radical (unpaired) electrons. The van der Waals surface area contributed by atoms with E-state index in [1.807, 2.05) is 16.8 Å². The predicted octanol–water partition coefficient (Wildman–Crippen LogP) is 1.96. The summed E-state index contributed by atoms with van der Waals surface area (Å²) in [5, 5.41) is 19.2. The monoisotopic (exact) mass is 257 g/mol. The second-order valence-corrected chi connectivity index (χ2v) is 5.51. The van der Waals surface area contributed by atoms with Crippen molar-refractivity contribution in [1.82, 2.24) is 9.55 Å². The number of aliphatic hydroxyl groups excluding tert-OH is 1. The Balaban J connectivity index is 1.85. The molecule has 0 saturated carbocycles. The van der Waals surface area contributed by atoms with Gasteiger partial charge in [0.15, 0.2) is 0 Å². The molecule has 3 rings (SSSR count). The molecule has 0 spiro atoms. The maximum atomic E-state index is 10.3. The van der Waals surface area contributed by atoms with Crippen molar-refractivity contribution in [1.29, 1.82) is 5.26 Å². The normalized spacial score (nSPS) is 21.6. The molecule has 2 aromatic rings. The minimum Gasteiger partial charge on any atom is -0.387 e. The van der Waals surface area contributed by atoms with Gasteiger partial charge in [-0.15, -0.1) is 11.8 Å². The van der Waals surface area contributed by atoms with Gasteiger partial charge in [0.2, 0.25) is 0 Å². The van der Waals surface area contributed by atoms with Gasteiger partial charge in [0, 0.05) is 23.8 Å². The van der Waals surface area contributed by atoms with E-state index in [2.05, 4.69) is 11.1 Å². The zero-order valence-corrected chi connectivity index (χ0v) is 10.3. The number of rotatable bonds is 2. The molecular weight excluding hydrogens is 246 g/mol. The van der Waals surface area contributed by atoms with Crippen LogP contribution in [-0.2, 0) is 6.54 Å². The van der Waals surface area contributed by atoms with Crippen molar-refractivity contribution in [2.75, 3.05) is 0 Å². The molecule has 90 valence electrons. The Hall–Kier alpha value is -1.77. The largest absolute Gasteiger partial charge is 0.387 e. The van der Waals surface area contributed by atoms with Crippen LogP contribution in [0.15, 0.2) is 41.8 Å². The number of aliphatic hydroxyl groups is 1. The number of nitriles is 1. The van der Waals surface area contributed by atoms with Crippen molar-refractivity contribution in [2.45, 2.75) is 22.8 Å². The van der Waals surface area contributed by atoms with Crippen LogP contribution in [0.5, 0.6) is 0 Å². The Kier molecular flexibility index (Phi) is 2.82. The van der Waals surface area contributed by atoms with Crippen LogP contribution in [0.4, 0.5) is 0 Å². The Bertz CT molecular complexity index is 603. The summed E-state index contributed by atoms with van der Waals surface area (Å²) in [6.45, 7) is 0.711.